The van der Waals surface area contributed by atoms with Crippen molar-refractivity contribution < 1.29 is 4.79 Å². The third-order valence-electron chi connectivity index (χ3n) is 3.27. The molecule has 1 amide bonds. The predicted octanol–water partition coefficient (Wildman–Crippen LogP) is 2.04. The Morgan fingerprint density at radius 3 is 2.94 bits per heavy atom. The van der Waals surface area contributed by atoms with E-state index in [2.05, 4.69) is 11.9 Å². The molecule has 4 nitrogen and oxygen atoms in total. The van der Waals surface area contributed by atoms with Gasteiger partial charge < -0.3 is 4.90 Å². The van der Waals surface area contributed by atoms with Gasteiger partial charge in [-0.25, -0.2) is 4.98 Å². The van der Waals surface area contributed by atoms with Gasteiger partial charge in [-0.15, -0.1) is 11.6 Å². The van der Waals surface area contributed by atoms with Crippen LogP contribution in [-0.4, -0.2) is 34.3 Å². The number of nitriles is 1. The molecule has 0 spiro atoms. The normalized spacial score (nSPS) is 23.5. The van der Waals surface area contributed by atoms with Crippen LogP contribution in [0.3, 0.4) is 0 Å². The molecular weight excluding hydrogens is 250 g/mol. The number of halogens is 1. The number of carbonyl (C=O) groups is 1. The van der Waals surface area contributed by atoms with Gasteiger partial charge in [0, 0.05) is 19.3 Å². The third-order valence-corrected chi connectivity index (χ3v) is 3.83. The molecule has 18 heavy (non-hydrogen) atoms. The summed E-state index contributed by atoms with van der Waals surface area (Å²) in [5.74, 6) is 0.321. The van der Waals surface area contributed by atoms with Gasteiger partial charge in [0.2, 0.25) is 0 Å². The van der Waals surface area contributed by atoms with Crippen LogP contribution in [0.5, 0.6) is 0 Å². The highest BCUT2D eigenvalue weighted by molar-refractivity contribution is 6.21. The number of aromatic nitrogens is 1. The first-order valence-corrected chi connectivity index (χ1v) is 6.35. The fourth-order valence-corrected chi connectivity index (χ4v) is 2.25. The molecule has 0 radical (unpaired) electrons. The molecule has 0 aromatic carbocycles. The number of hydrogen-bond donors (Lipinski definition) is 0. The van der Waals surface area contributed by atoms with Gasteiger partial charge in [0.15, 0.2) is 0 Å². The Morgan fingerprint density at radius 2 is 2.39 bits per heavy atom. The number of hydrogen-bond acceptors (Lipinski definition) is 3. The molecule has 1 fully saturated rings. The average molecular weight is 264 g/mol. The zero-order chi connectivity index (χ0) is 13.1. The first-order valence-electron chi connectivity index (χ1n) is 5.91. The molecule has 0 saturated carbocycles. The van der Waals surface area contributed by atoms with Crippen molar-refractivity contribution in [3.63, 3.8) is 0 Å². The first kappa shape index (κ1) is 12.8. The zero-order valence-electron chi connectivity index (χ0n) is 10.1. The zero-order valence-corrected chi connectivity index (χ0v) is 10.9. The van der Waals surface area contributed by atoms with Gasteiger partial charge >= 0.3 is 0 Å². The topological polar surface area (TPSA) is 57.0 Å². The Balaban J connectivity index is 2.09. The molecule has 1 aromatic rings. The summed E-state index contributed by atoms with van der Waals surface area (Å²) in [7, 11) is 0. The van der Waals surface area contributed by atoms with Gasteiger partial charge in [0.1, 0.15) is 11.8 Å². The van der Waals surface area contributed by atoms with E-state index in [0.29, 0.717) is 30.3 Å². The predicted molar refractivity (Wildman–Crippen MR) is 68.3 cm³/mol. The minimum absolute atomic E-state index is 0.00100. The Hall–Kier alpha value is -1.60. The first-order chi connectivity index (χ1) is 8.61. The Bertz CT molecular complexity index is 480. The largest absolute Gasteiger partial charge is 0.336 e. The standard InChI is InChI=1S/C13H14ClN3O/c1-9-4-5-17(8-11(9)14)13(18)12-3-2-10(6-15)7-16-12/h2-3,7,9,11H,4-5,8H2,1H3. The second kappa shape index (κ2) is 5.36. The maximum Gasteiger partial charge on any atom is 0.272 e. The highest BCUT2D eigenvalue weighted by Crippen LogP contribution is 2.22. The molecule has 1 saturated heterocycles. The summed E-state index contributed by atoms with van der Waals surface area (Å²) in [5, 5.41) is 8.68. The van der Waals surface area contributed by atoms with Crippen LogP contribution < -0.4 is 0 Å². The van der Waals surface area contributed by atoms with Crippen molar-refractivity contribution in [3.05, 3.63) is 29.6 Å². The molecular formula is C13H14ClN3O. The van der Waals surface area contributed by atoms with Gasteiger partial charge in [0.25, 0.3) is 5.91 Å². The van der Waals surface area contributed by atoms with E-state index in [1.165, 1.54) is 6.20 Å². The summed E-state index contributed by atoms with van der Waals surface area (Å²) in [6.45, 7) is 3.37. The lowest BCUT2D eigenvalue weighted by Gasteiger charge is -2.33. The van der Waals surface area contributed by atoms with Crippen molar-refractivity contribution in [2.75, 3.05) is 13.1 Å². The van der Waals surface area contributed by atoms with E-state index in [-0.39, 0.29) is 11.3 Å². The van der Waals surface area contributed by atoms with Crippen molar-refractivity contribution in [1.82, 2.24) is 9.88 Å². The van der Waals surface area contributed by atoms with E-state index in [1.54, 1.807) is 17.0 Å². The number of rotatable bonds is 1. The number of nitrogens with zero attached hydrogens (tertiary/aromatic N) is 3. The number of pyridine rings is 1. The van der Waals surface area contributed by atoms with Crippen molar-refractivity contribution in [2.45, 2.75) is 18.7 Å². The van der Waals surface area contributed by atoms with Crippen LogP contribution in [0, 0.1) is 17.2 Å². The molecule has 1 aromatic heterocycles. The molecule has 0 bridgehead atoms. The van der Waals surface area contributed by atoms with Crippen molar-refractivity contribution in [1.29, 1.82) is 5.26 Å². The number of alkyl halides is 1. The van der Waals surface area contributed by atoms with E-state index in [1.807, 2.05) is 6.07 Å². The van der Waals surface area contributed by atoms with E-state index >= 15 is 0 Å². The van der Waals surface area contributed by atoms with Crippen LogP contribution in [0.4, 0.5) is 0 Å². The lowest BCUT2D eigenvalue weighted by Crippen LogP contribution is -2.44. The van der Waals surface area contributed by atoms with E-state index in [9.17, 15) is 4.79 Å². The van der Waals surface area contributed by atoms with Gasteiger partial charge in [-0.1, -0.05) is 6.92 Å². The van der Waals surface area contributed by atoms with Gasteiger partial charge in [-0.2, -0.15) is 5.26 Å². The minimum atomic E-state index is -0.114. The smallest absolute Gasteiger partial charge is 0.272 e. The van der Waals surface area contributed by atoms with Crippen LogP contribution in [0.1, 0.15) is 29.4 Å². The number of likely N-dealkylation sites (tertiary alicyclic amines) is 1. The van der Waals surface area contributed by atoms with Gasteiger partial charge in [-0.05, 0) is 24.5 Å². The lowest BCUT2D eigenvalue weighted by atomic mass is 9.98. The summed E-state index contributed by atoms with van der Waals surface area (Å²) in [5.41, 5.74) is 0.821. The molecule has 1 aliphatic heterocycles. The molecule has 0 N–H and O–H groups in total. The summed E-state index contributed by atoms with van der Waals surface area (Å²) in [4.78, 5) is 17.9. The molecule has 1 aliphatic rings. The fraction of sp³-hybridized carbons (Fsp3) is 0.462. The quantitative estimate of drug-likeness (QED) is 0.729. The molecule has 0 aliphatic carbocycles. The fourth-order valence-electron chi connectivity index (χ4n) is 1.96. The van der Waals surface area contributed by atoms with Crippen LogP contribution >= 0.6 is 11.6 Å². The van der Waals surface area contributed by atoms with Crippen molar-refractivity contribution >= 4 is 17.5 Å². The Morgan fingerprint density at radius 1 is 1.61 bits per heavy atom. The van der Waals surface area contributed by atoms with Gasteiger partial charge in [0.05, 0.1) is 10.9 Å². The van der Waals surface area contributed by atoms with Crippen LogP contribution in [0.15, 0.2) is 18.3 Å². The number of piperidine rings is 1. The van der Waals surface area contributed by atoms with Crippen molar-refractivity contribution in [2.24, 2.45) is 5.92 Å². The maximum absolute atomic E-state index is 12.2. The van der Waals surface area contributed by atoms with E-state index in [4.69, 9.17) is 16.9 Å². The summed E-state index contributed by atoms with van der Waals surface area (Å²) >= 11 is 6.18. The minimum Gasteiger partial charge on any atom is -0.336 e. The SMILES string of the molecule is CC1CCN(C(=O)c2ccc(C#N)cn2)CC1Cl. The van der Waals surface area contributed by atoms with Crippen LogP contribution in [0.25, 0.3) is 0 Å². The molecule has 2 atom stereocenters. The Labute approximate surface area is 111 Å². The molecule has 2 unspecified atom stereocenters. The van der Waals surface area contributed by atoms with Gasteiger partial charge in [-0.3, -0.25) is 4.79 Å². The van der Waals surface area contributed by atoms with Crippen molar-refractivity contribution in [3.8, 4) is 6.07 Å². The molecule has 2 heterocycles. The molecule has 5 heteroatoms. The maximum atomic E-state index is 12.2. The van der Waals surface area contributed by atoms with E-state index in [0.717, 1.165) is 6.42 Å². The summed E-state index contributed by atoms with van der Waals surface area (Å²) < 4.78 is 0. The highest BCUT2D eigenvalue weighted by Gasteiger charge is 2.28. The Kier molecular flexibility index (Phi) is 3.83. The van der Waals surface area contributed by atoms with Crippen LogP contribution in [0.2, 0.25) is 0 Å². The summed E-state index contributed by atoms with van der Waals surface area (Å²) in [6.07, 6.45) is 2.33. The highest BCUT2D eigenvalue weighted by atomic mass is 35.5. The molecule has 94 valence electrons. The van der Waals surface area contributed by atoms with E-state index < -0.39 is 0 Å². The lowest BCUT2D eigenvalue weighted by molar-refractivity contribution is 0.0695. The average Bonchev–Trinajstić information content (AvgIpc) is 2.41. The second-order valence-electron chi connectivity index (χ2n) is 4.58. The molecule has 2 rings (SSSR count). The van der Waals surface area contributed by atoms with Crippen LogP contribution in [-0.2, 0) is 0 Å². The number of amides is 1. The monoisotopic (exact) mass is 263 g/mol. The summed E-state index contributed by atoms with van der Waals surface area (Å²) in [6, 6.07) is 5.16. The third kappa shape index (κ3) is 2.62. The second-order valence-corrected chi connectivity index (χ2v) is 5.14. The number of carbonyl (C=O) groups excluding carboxylic acids is 1.